The lowest BCUT2D eigenvalue weighted by Crippen LogP contribution is -2.46. The van der Waals surface area contributed by atoms with Crippen LogP contribution in [0.3, 0.4) is 0 Å². The van der Waals surface area contributed by atoms with Gasteiger partial charge in [-0.2, -0.15) is 5.26 Å². The third kappa shape index (κ3) is 5.53. The van der Waals surface area contributed by atoms with Crippen LogP contribution in [0.5, 0.6) is 0 Å². The highest BCUT2D eigenvalue weighted by molar-refractivity contribution is 6.30. The molecule has 1 saturated heterocycles. The molecule has 0 bridgehead atoms. The smallest absolute Gasteiger partial charge is 0.237 e. The first kappa shape index (κ1) is 25.5. The number of hydrogen-bond donors (Lipinski definition) is 3. The number of halogens is 2. The highest BCUT2D eigenvalue weighted by Gasteiger charge is 2.59. The van der Waals surface area contributed by atoms with Gasteiger partial charge in [-0.3, -0.25) is 10.1 Å². The molecule has 2 aromatic carbocycles. The number of aliphatic hydroxyl groups is 1. The van der Waals surface area contributed by atoms with Crippen molar-refractivity contribution in [1.82, 2.24) is 10.6 Å². The number of carbonyl (C=O) groups excluding carboxylic acids is 1. The molecule has 176 valence electrons. The highest BCUT2D eigenvalue weighted by atomic mass is 35.5. The minimum atomic E-state index is -1.03. The minimum Gasteiger partial charge on any atom is -0.396 e. The molecule has 1 amide bonds. The Morgan fingerprint density at radius 3 is 2.45 bits per heavy atom. The van der Waals surface area contributed by atoms with Crippen LogP contribution in [0.2, 0.25) is 10.0 Å². The predicted octanol–water partition coefficient (Wildman–Crippen LogP) is 5.02. The van der Waals surface area contributed by atoms with Gasteiger partial charge in [0.1, 0.15) is 5.41 Å². The fourth-order valence-electron chi connectivity index (χ4n) is 4.87. The standard InChI is InChI=1S/C26H31Cl2N3O2/c1-25(2,3)15-21-22(24(33)30-12-5-13-32)31-23(17-6-4-7-20(28)14-17)26(21,16-29)18-8-10-19(27)11-9-18/h4,6-11,14,21-23,31-32H,5,12-13,15H2,1-3H3,(H,30,33)/t21-,22+,23+,26+/m0/s1. The van der Waals surface area contributed by atoms with Gasteiger partial charge in [-0.15, -0.1) is 0 Å². The number of nitrogens with one attached hydrogen (secondary N) is 2. The van der Waals surface area contributed by atoms with Crippen LogP contribution in [0.1, 0.15) is 50.8 Å². The lowest BCUT2D eigenvalue weighted by molar-refractivity contribution is -0.124. The zero-order chi connectivity index (χ0) is 24.2. The zero-order valence-electron chi connectivity index (χ0n) is 19.2. The molecule has 0 unspecified atom stereocenters. The molecule has 1 heterocycles. The summed E-state index contributed by atoms with van der Waals surface area (Å²) in [6.07, 6.45) is 1.12. The molecule has 4 atom stereocenters. The fourth-order valence-corrected chi connectivity index (χ4v) is 5.19. The molecular formula is C26H31Cl2N3O2. The Kier molecular flexibility index (Phi) is 8.08. The summed E-state index contributed by atoms with van der Waals surface area (Å²) in [4.78, 5) is 13.3. The summed E-state index contributed by atoms with van der Waals surface area (Å²) in [6, 6.07) is 16.4. The van der Waals surface area contributed by atoms with Crippen molar-refractivity contribution in [1.29, 1.82) is 5.26 Å². The number of benzene rings is 2. The largest absolute Gasteiger partial charge is 0.396 e. The number of nitriles is 1. The molecule has 1 fully saturated rings. The Morgan fingerprint density at radius 1 is 1.18 bits per heavy atom. The molecule has 7 heteroatoms. The van der Waals surface area contributed by atoms with Crippen LogP contribution in [-0.4, -0.2) is 30.2 Å². The molecule has 2 aromatic rings. The molecule has 3 N–H and O–H groups in total. The number of hydrogen-bond acceptors (Lipinski definition) is 4. The molecule has 0 radical (unpaired) electrons. The van der Waals surface area contributed by atoms with Crippen molar-refractivity contribution in [3.05, 3.63) is 69.7 Å². The number of rotatable bonds is 7. The summed E-state index contributed by atoms with van der Waals surface area (Å²) >= 11 is 12.5. The Bertz CT molecular complexity index is 1010. The van der Waals surface area contributed by atoms with E-state index in [4.69, 9.17) is 28.3 Å². The van der Waals surface area contributed by atoms with Gasteiger partial charge < -0.3 is 10.4 Å². The summed E-state index contributed by atoms with van der Waals surface area (Å²) in [6.45, 7) is 6.72. The van der Waals surface area contributed by atoms with Crippen LogP contribution in [-0.2, 0) is 10.2 Å². The zero-order valence-corrected chi connectivity index (χ0v) is 20.7. The van der Waals surface area contributed by atoms with Crippen LogP contribution < -0.4 is 10.6 Å². The molecule has 1 aliphatic heterocycles. The highest BCUT2D eigenvalue weighted by Crippen LogP contribution is 2.53. The monoisotopic (exact) mass is 487 g/mol. The Hall–Kier alpha value is -2.10. The third-order valence-corrected chi connectivity index (χ3v) is 6.71. The van der Waals surface area contributed by atoms with Gasteiger partial charge >= 0.3 is 0 Å². The number of nitrogens with zero attached hydrogens (tertiary/aromatic N) is 1. The number of aliphatic hydroxyl groups excluding tert-OH is 1. The van der Waals surface area contributed by atoms with Crippen molar-refractivity contribution in [2.75, 3.05) is 13.2 Å². The predicted molar refractivity (Wildman–Crippen MR) is 132 cm³/mol. The SMILES string of the molecule is CC(C)(C)C[C@H]1[C@H](C(=O)NCCCO)N[C@H](c2cccc(Cl)c2)[C@]1(C#N)c1ccc(Cl)cc1. The second-order valence-corrected chi connectivity index (χ2v) is 10.7. The van der Waals surface area contributed by atoms with Gasteiger partial charge in [-0.05, 0) is 53.6 Å². The fraction of sp³-hybridized carbons (Fsp3) is 0.462. The number of carbonyl (C=O) groups is 1. The minimum absolute atomic E-state index is 0.00183. The van der Waals surface area contributed by atoms with E-state index in [0.717, 1.165) is 11.1 Å². The van der Waals surface area contributed by atoms with Crippen LogP contribution in [0.4, 0.5) is 0 Å². The molecule has 0 spiro atoms. The van der Waals surface area contributed by atoms with E-state index in [1.54, 1.807) is 18.2 Å². The van der Waals surface area contributed by atoms with Gasteiger partial charge in [-0.25, -0.2) is 0 Å². The second kappa shape index (κ2) is 10.4. The van der Waals surface area contributed by atoms with Gasteiger partial charge in [0.2, 0.25) is 5.91 Å². The van der Waals surface area contributed by atoms with Crippen molar-refractivity contribution in [3.63, 3.8) is 0 Å². The van der Waals surface area contributed by atoms with E-state index < -0.39 is 17.5 Å². The van der Waals surface area contributed by atoms with Gasteiger partial charge in [0.05, 0.1) is 18.2 Å². The maximum absolute atomic E-state index is 13.3. The van der Waals surface area contributed by atoms with E-state index >= 15 is 0 Å². The Morgan fingerprint density at radius 2 is 1.88 bits per heavy atom. The van der Waals surface area contributed by atoms with E-state index in [1.165, 1.54) is 0 Å². The van der Waals surface area contributed by atoms with E-state index in [0.29, 0.717) is 29.4 Å². The molecule has 1 aliphatic rings. The normalized spacial score (nSPS) is 24.9. The van der Waals surface area contributed by atoms with E-state index in [1.807, 2.05) is 30.3 Å². The molecule has 5 nitrogen and oxygen atoms in total. The molecule has 0 saturated carbocycles. The van der Waals surface area contributed by atoms with Gasteiger partial charge in [0, 0.05) is 29.1 Å². The van der Waals surface area contributed by atoms with Crippen molar-refractivity contribution in [2.45, 2.75) is 51.1 Å². The maximum atomic E-state index is 13.3. The first-order valence-corrected chi connectivity index (χ1v) is 12.0. The second-order valence-electron chi connectivity index (χ2n) is 9.86. The van der Waals surface area contributed by atoms with Crippen molar-refractivity contribution in [3.8, 4) is 6.07 Å². The molecule has 0 aliphatic carbocycles. The van der Waals surface area contributed by atoms with Crippen molar-refractivity contribution >= 4 is 29.1 Å². The van der Waals surface area contributed by atoms with Crippen molar-refractivity contribution in [2.24, 2.45) is 11.3 Å². The van der Waals surface area contributed by atoms with Gasteiger partial charge in [-0.1, -0.05) is 68.2 Å². The molecule has 3 rings (SSSR count). The Balaban J connectivity index is 2.19. The summed E-state index contributed by atoms with van der Waals surface area (Å²) in [5.74, 6) is -0.488. The van der Waals surface area contributed by atoms with E-state index in [2.05, 4.69) is 37.5 Å². The first-order chi connectivity index (χ1) is 15.6. The van der Waals surface area contributed by atoms with Gasteiger partial charge in [0.15, 0.2) is 0 Å². The third-order valence-electron chi connectivity index (χ3n) is 6.23. The average Bonchev–Trinajstić information content (AvgIpc) is 3.08. The van der Waals surface area contributed by atoms with Crippen LogP contribution in [0.15, 0.2) is 48.5 Å². The van der Waals surface area contributed by atoms with Crippen LogP contribution in [0.25, 0.3) is 0 Å². The van der Waals surface area contributed by atoms with E-state index in [9.17, 15) is 10.1 Å². The van der Waals surface area contributed by atoms with Crippen molar-refractivity contribution < 1.29 is 9.90 Å². The first-order valence-electron chi connectivity index (χ1n) is 11.2. The quantitative estimate of drug-likeness (QED) is 0.478. The summed E-state index contributed by atoms with van der Waals surface area (Å²) in [5.41, 5.74) is 0.505. The maximum Gasteiger partial charge on any atom is 0.237 e. The lowest BCUT2D eigenvalue weighted by atomic mass is 9.62. The average molecular weight is 488 g/mol. The molecule has 0 aromatic heterocycles. The summed E-state index contributed by atoms with van der Waals surface area (Å²) < 4.78 is 0. The van der Waals surface area contributed by atoms with Gasteiger partial charge in [0.25, 0.3) is 0 Å². The summed E-state index contributed by atoms with van der Waals surface area (Å²) in [7, 11) is 0. The Labute approximate surface area is 206 Å². The summed E-state index contributed by atoms with van der Waals surface area (Å²) in [5, 5.41) is 27.5. The van der Waals surface area contributed by atoms with E-state index in [-0.39, 0.29) is 23.8 Å². The van der Waals surface area contributed by atoms with Crippen LogP contribution >= 0.6 is 23.2 Å². The number of amides is 1. The lowest BCUT2D eigenvalue weighted by Gasteiger charge is -2.37. The van der Waals surface area contributed by atoms with Crippen LogP contribution in [0, 0.1) is 22.7 Å². The topological polar surface area (TPSA) is 85.2 Å². The molecular weight excluding hydrogens is 457 g/mol. The molecule has 33 heavy (non-hydrogen) atoms.